The molecule has 2 rings (SSSR count). The minimum absolute atomic E-state index is 0.219. The van der Waals surface area contributed by atoms with Crippen LogP contribution >= 0.6 is 0 Å². The van der Waals surface area contributed by atoms with Crippen molar-refractivity contribution in [2.24, 2.45) is 16.7 Å². The Morgan fingerprint density at radius 2 is 2.06 bits per heavy atom. The number of hydrogen-bond donors (Lipinski definition) is 2. The van der Waals surface area contributed by atoms with Crippen molar-refractivity contribution in [1.82, 2.24) is 0 Å². The second kappa shape index (κ2) is 3.80. The fraction of sp³-hybridized carbons (Fsp3) is 0.846. The zero-order chi connectivity index (χ0) is 12.8. The first-order valence-corrected chi connectivity index (χ1v) is 6.28. The van der Waals surface area contributed by atoms with Crippen LogP contribution in [0, 0.1) is 16.7 Å². The van der Waals surface area contributed by atoms with Gasteiger partial charge in [0.25, 0.3) is 0 Å². The van der Waals surface area contributed by atoms with Crippen LogP contribution in [0.2, 0.25) is 0 Å². The molecule has 2 fully saturated rings. The lowest BCUT2D eigenvalue weighted by atomic mass is 9.59. The molecule has 0 amide bonds. The molecule has 0 aromatic rings. The number of carbonyl (C=O) groups excluding carboxylic acids is 1. The van der Waals surface area contributed by atoms with Gasteiger partial charge in [-0.25, -0.2) is 0 Å². The highest BCUT2D eigenvalue weighted by molar-refractivity contribution is 5.88. The third-order valence-electron chi connectivity index (χ3n) is 5.18. The predicted octanol–water partition coefficient (Wildman–Crippen LogP) is 1.61. The molecule has 17 heavy (non-hydrogen) atoms. The van der Waals surface area contributed by atoms with Crippen LogP contribution in [0.15, 0.2) is 0 Å². The van der Waals surface area contributed by atoms with Crippen molar-refractivity contribution in [3.8, 4) is 0 Å². The predicted molar refractivity (Wildman–Crippen MR) is 61.4 cm³/mol. The van der Waals surface area contributed by atoms with Crippen LogP contribution in [0.25, 0.3) is 0 Å². The lowest BCUT2D eigenvalue weighted by molar-refractivity contribution is -0.166. The van der Waals surface area contributed by atoms with Crippen molar-refractivity contribution in [3.63, 3.8) is 0 Å². The Kier molecular flexibility index (Phi) is 2.81. The van der Waals surface area contributed by atoms with E-state index in [0.717, 1.165) is 6.42 Å². The summed E-state index contributed by atoms with van der Waals surface area (Å²) in [6.45, 7) is 3.62. The molecular formula is C13H20O4. The minimum atomic E-state index is -1.09. The van der Waals surface area contributed by atoms with Gasteiger partial charge >= 0.3 is 5.97 Å². The molecule has 4 heteroatoms. The van der Waals surface area contributed by atoms with E-state index in [0.29, 0.717) is 25.7 Å². The summed E-state index contributed by atoms with van der Waals surface area (Å²) in [5, 5.41) is 19.3. The molecule has 2 saturated carbocycles. The first kappa shape index (κ1) is 12.6. The molecule has 4 unspecified atom stereocenters. The molecule has 0 radical (unpaired) electrons. The molecule has 4 nitrogen and oxygen atoms in total. The number of aliphatic hydroxyl groups excluding tert-OH is 1. The quantitative estimate of drug-likeness (QED) is 0.730. The van der Waals surface area contributed by atoms with Crippen LogP contribution in [-0.2, 0) is 9.59 Å². The number of carboxylic acids is 1. The van der Waals surface area contributed by atoms with Gasteiger partial charge in [0.15, 0.2) is 0 Å². The number of Topliss-reactive ketones (excluding diaryl/α,β-unsaturated/α-hetero) is 1. The van der Waals surface area contributed by atoms with E-state index in [1.54, 1.807) is 6.92 Å². The molecule has 0 bridgehead atoms. The normalized spacial score (nSPS) is 46.4. The van der Waals surface area contributed by atoms with Crippen LogP contribution in [0.1, 0.15) is 46.0 Å². The highest BCUT2D eigenvalue weighted by Gasteiger charge is 2.56. The monoisotopic (exact) mass is 240 g/mol. The molecule has 96 valence electrons. The molecular weight excluding hydrogens is 220 g/mol. The van der Waals surface area contributed by atoms with Crippen LogP contribution < -0.4 is 0 Å². The van der Waals surface area contributed by atoms with Gasteiger partial charge in [-0.15, -0.1) is 0 Å². The molecule has 4 atom stereocenters. The molecule has 2 N–H and O–H groups in total. The van der Waals surface area contributed by atoms with Gasteiger partial charge in [-0.1, -0.05) is 6.92 Å². The third kappa shape index (κ3) is 1.61. The fourth-order valence-corrected chi connectivity index (χ4v) is 3.42. The highest BCUT2D eigenvalue weighted by atomic mass is 16.4. The second-order valence-corrected chi connectivity index (χ2v) is 5.96. The molecule has 0 heterocycles. The lowest BCUT2D eigenvalue weighted by Crippen LogP contribution is -2.51. The maximum absolute atomic E-state index is 12.0. The number of hydrogen-bond acceptors (Lipinski definition) is 3. The van der Waals surface area contributed by atoms with Crippen molar-refractivity contribution < 1.29 is 19.8 Å². The summed E-state index contributed by atoms with van der Waals surface area (Å²) in [6.07, 6.45) is 1.84. The van der Waals surface area contributed by atoms with Crippen molar-refractivity contribution in [3.05, 3.63) is 0 Å². The van der Waals surface area contributed by atoms with Crippen LogP contribution in [0.5, 0.6) is 0 Å². The van der Waals surface area contributed by atoms with Crippen molar-refractivity contribution >= 4 is 11.8 Å². The van der Waals surface area contributed by atoms with E-state index >= 15 is 0 Å². The molecule has 0 aromatic heterocycles. The van der Waals surface area contributed by atoms with Gasteiger partial charge in [0.2, 0.25) is 0 Å². The molecule has 2 aliphatic carbocycles. The zero-order valence-corrected chi connectivity index (χ0v) is 10.4. The van der Waals surface area contributed by atoms with Gasteiger partial charge in [-0.2, -0.15) is 0 Å². The zero-order valence-electron chi connectivity index (χ0n) is 10.4. The van der Waals surface area contributed by atoms with E-state index in [9.17, 15) is 19.8 Å². The molecule has 2 aliphatic rings. The fourth-order valence-electron chi connectivity index (χ4n) is 3.42. The summed E-state index contributed by atoms with van der Waals surface area (Å²) < 4.78 is 0. The van der Waals surface area contributed by atoms with E-state index in [-0.39, 0.29) is 11.7 Å². The van der Waals surface area contributed by atoms with E-state index in [2.05, 4.69) is 0 Å². The minimum Gasteiger partial charge on any atom is -0.481 e. The lowest BCUT2D eigenvalue weighted by Gasteiger charge is -2.45. The topological polar surface area (TPSA) is 74.6 Å². The summed E-state index contributed by atoms with van der Waals surface area (Å²) in [5.41, 5.74) is -1.54. The first-order valence-electron chi connectivity index (χ1n) is 6.28. The summed E-state index contributed by atoms with van der Waals surface area (Å²) in [4.78, 5) is 23.2. The Balaban J connectivity index is 2.25. The van der Waals surface area contributed by atoms with Crippen LogP contribution in [0.4, 0.5) is 0 Å². The number of carbonyl (C=O) groups is 2. The van der Waals surface area contributed by atoms with Crippen LogP contribution in [-0.4, -0.2) is 28.1 Å². The van der Waals surface area contributed by atoms with Gasteiger partial charge in [-0.3, -0.25) is 9.59 Å². The van der Waals surface area contributed by atoms with Crippen LogP contribution in [0.3, 0.4) is 0 Å². The Morgan fingerprint density at radius 1 is 1.41 bits per heavy atom. The Labute approximate surface area is 101 Å². The van der Waals surface area contributed by atoms with Crippen molar-refractivity contribution in [2.45, 2.75) is 52.1 Å². The van der Waals surface area contributed by atoms with E-state index in [1.165, 1.54) is 0 Å². The number of rotatable bonds is 1. The van der Waals surface area contributed by atoms with Crippen molar-refractivity contribution in [1.29, 1.82) is 0 Å². The number of ketones is 1. The molecule has 1 spiro atoms. The highest BCUT2D eigenvalue weighted by Crippen LogP contribution is 2.54. The number of aliphatic hydroxyl groups is 1. The van der Waals surface area contributed by atoms with E-state index < -0.39 is 22.9 Å². The Bertz CT molecular complexity index is 364. The maximum Gasteiger partial charge on any atom is 0.311 e. The number of carboxylic acid groups (broad SMARTS) is 1. The van der Waals surface area contributed by atoms with Gasteiger partial charge in [0.05, 0.1) is 11.5 Å². The van der Waals surface area contributed by atoms with Gasteiger partial charge in [0.1, 0.15) is 5.78 Å². The largest absolute Gasteiger partial charge is 0.481 e. The average Bonchev–Trinajstić information content (AvgIpc) is 2.53. The molecule has 0 aromatic carbocycles. The van der Waals surface area contributed by atoms with Gasteiger partial charge < -0.3 is 10.2 Å². The Morgan fingerprint density at radius 3 is 2.47 bits per heavy atom. The summed E-state index contributed by atoms with van der Waals surface area (Å²) in [7, 11) is 0. The Hall–Kier alpha value is -0.900. The molecule has 0 aliphatic heterocycles. The number of aliphatic carboxylic acids is 1. The summed E-state index contributed by atoms with van der Waals surface area (Å²) in [5.74, 6) is -0.475. The van der Waals surface area contributed by atoms with Gasteiger partial charge in [0, 0.05) is 11.8 Å². The second-order valence-electron chi connectivity index (χ2n) is 5.96. The van der Waals surface area contributed by atoms with Gasteiger partial charge in [-0.05, 0) is 38.5 Å². The standard InChI is InChI=1S/C13H20O4/c1-8-3-4-9(14)13(8)6-5-12(2,11(16)17)10(15)7-13/h8,10,15H,3-7H2,1-2H3,(H,16,17). The smallest absolute Gasteiger partial charge is 0.311 e. The molecule has 0 saturated heterocycles. The van der Waals surface area contributed by atoms with E-state index in [4.69, 9.17) is 0 Å². The first-order chi connectivity index (χ1) is 7.83. The average molecular weight is 240 g/mol. The maximum atomic E-state index is 12.0. The summed E-state index contributed by atoms with van der Waals surface area (Å²) >= 11 is 0. The SMILES string of the molecule is CC1CCC(=O)C12CCC(C)(C(=O)O)C(O)C2. The third-order valence-corrected chi connectivity index (χ3v) is 5.18. The van der Waals surface area contributed by atoms with Crippen molar-refractivity contribution in [2.75, 3.05) is 0 Å². The summed E-state index contributed by atoms with van der Waals surface area (Å²) in [6, 6.07) is 0. The van der Waals surface area contributed by atoms with E-state index in [1.807, 2.05) is 6.92 Å².